The molecule has 0 amide bonds. The van der Waals surface area contributed by atoms with Gasteiger partial charge in [0, 0.05) is 13.2 Å². The number of aliphatic hydroxyl groups is 2. The van der Waals surface area contributed by atoms with Gasteiger partial charge in [-0.05, 0) is 25.1 Å². The number of imidazole rings is 1. The van der Waals surface area contributed by atoms with Crippen LogP contribution in [0.3, 0.4) is 0 Å². The molecule has 2 saturated heterocycles. The predicted octanol–water partition coefficient (Wildman–Crippen LogP) is -0.0526. The van der Waals surface area contributed by atoms with Gasteiger partial charge >= 0.3 is 0 Å². The van der Waals surface area contributed by atoms with E-state index in [1.807, 2.05) is 6.92 Å². The molecule has 0 bridgehead atoms. The summed E-state index contributed by atoms with van der Waals surface area (Å²) in [6.45, 7) is 4.05. The third-order valence-electron chi connectivity index (χ3n) is 5.14. The predicted molar refractivity (Wildman–Crippen MR) is 111 cm³/mol. The number of rotatable bonds is 7. The summed E-state index contributed by atoms with van der Waals surface area (Å²) >= 11 is 5.09. The molecule has 4 heterocycles. The molecule has 0 radical (unpaired) electrons. The molecule has 4 N–H and O–H groups in total. The molecular formula is C18H26N6O5S. The Morgan fingerprint density at radius 3 is 2.97 bits per heavy atom. The van der Waals surface area contributed by atoms with Crippen LogP contribution in [0.25, 0.3) is 11.2 Å². The van der Waals surface area contributed by atoms with Crippen LogP contribution in [0.1, 0.15) is 26.0 Å². The number of hydrogen-bond donors (Lipinski definition) is 4. The Morgan fingerprint density at radius 2 is 2.20 bits per heavy atom. The number of anilines is 1. The van der Waals surface area contributed by atoms with E-state index in [0.29, 0.717) is 36.7 Å². The van der Waals surface area contributed by atoms with Crippen LogP contribution in [-0.2, 0) is 14.2 Å². The zero-order valence-corrected chi connectivity index (χ0v) is 17.4. The van der Waals surface area contributed by atoms with Gasteiger partial charge in [0.25, 0.3) is 5.17 Å². The first-order valence-electron chi connectivity index (χ1n) is 10.0. The third kappa shape index (κ3) is 4.32. The van der Waals surface area contributed by atoms with Crippen molar-refractivity contribution in [3.05, 3.63) is 12.7 Å². The first-order valence-corrected chi connectivity index (χ1v) is 10.4. The average molecular weight is 439 g/mol. The summed E-state index contributed by atoms with van der Waals surface area (Å²) in [5, 5.41) is 27.5. The van der Waals surface area contributed by atoms with Crippen LogP contribution in [0.2, 0.25) is 0 Å². The Hall–Kier alpha value is -2.12. The molecule has 2 aliphatic heterocycles. The van der Waals surface area contributed by atoms with E-state index in [4.69, 9.17) is 26.4 Å². The van der Waals surface area contributed by atoms with Gasteiger partial charge in [0.2, 0.25) is 0 Å². The Morgan fingerprint density at radius 1 is 1.33 bits per heavy atom. The monoisotopic (exact) mass is 438 g/mol. The molecule has 2 aliphatic rings. The summed E-state index contributed by atoms with van der Waals surface area (Å²) in [5.41, 5.74) is 1.05. The number of fused-ring (bicyclic) bond motifs is 1. The first kappa shape index (κ1) is 21.1. The highest BCUT2D eigenvalue weighted by Crippen LogP contribution is 2.32. The molecule has 0 spiro atoms. The van der Waals surface area contributed by atoms with Crippen molar-refractivity contribution in [2.75, 3.05) is 31.7 Å². The summed E-state index contributed by atoms with van der Waals surface area (Å²) in [6, 6.07) is 0.162. The molecule has 2 fully saturated rings. The minimum Gasteiger partial charge on any atom is -0.468 e. The Kier molecular flexibility index (Phi) is 6.58. The smallest absolute Gasteiger partial charge is 0.256 e. The number of aliphatic hydroxyl groups excluding tert-OH is 2. The first-order chi connectivity index (χ1) is 14.6. The minimum atomic E-state index is -1.18. The van der Waals surface area contributed by atoms with Gasteiger partial charge in [-0.15, -0.1) is 0 Å². The fourth-order valence-corrected chi connectivity index (χ4v) is 3.69. The van der Waals surface area contributed by atoms with Crippen molar-refractivity contribution < 1.29 is 24.4 Å². The van der Waals surface area contributed by atoms with Crippen molar-refractivity contribution in [2.45, 2.75) is 50.3 Å². The topological polar surface area (TPSA) is 136 Å². The van der Waals surface area contributed by atoms with Gasteiger partial charge in [0.15, 0.2) is 23.2 Å². The van der Waals surface area contributed by atoms with Crippen LogP contribution >= 0.6 is 12.2 Å². The maximum atomic E-state index is 10.6. The Labute approximate surface area is 178 Å². The second-order valence-electron chi connectivity index (χ2n) is 7.32. The summed E-state index contributed by atoms with van der Waals surface area (Å²) in [6.07, 6.45) is 0.806. The van der Waals surface area contributed by atoms with E-state index in [1.54, 1.807) is 4.57 Å². The summed E-state index contributed by atoms with van der Waals surface area (Å²) in [5.74, 6) is 0.592. The van der Waals surface area contributed by atoms with Crippen LogP contribution in [-0.4, -0.2) is 85.6 Å². The highest BCUT2D eigenvalue weighted by Gasteiger charge is 2.44. The van der Waals surface area contributed by atoms with Crippen molar-refractivity contribution >= 4 is 34.4 Å². The molecule has 2 unspecified atom stereocenters. The lowest BCUT2D eigenvalue weighted by molar-refractivity contribution is -0.0491. The minimum absolute atomic E-state index is 0.0143. The van der Waals surface area contributed by atoms with E-state index in [9.17, 15) is 10.2 Å². The lowest BCUT2D eigenvalue weighted by Crippen LogP contribution is -2.36. The Bertz CT molecular complexity index is 876. The van der Waals surface area contributed by atoms with Crippen molar-refractivity contribution in [3.8, 4) is 0 Å². The van der Waals surface area contributed by atoms with E-state index in [1.165, 1.54) is 12.7 Å². The van der Waals surface area contributed by atoms with E-state index < -0.39 is 24.5 Å². The van der Waals surface area contributed by atoms with Gasteiger partial charge in [-0.25, -0.2) is 15.0 Å². The number of aromatic nitrogens is 4. The molecule has 30 heavy (non-hydrogen) atoms. The molecule has 0 saturated carbocycles. The lowest BCUT2D eigenvalue weighted by Gasteiger charge is -2.17. The number of hydrogen-bond acceptors (Lipinski definition) is 10. The summed E-state index contributed by atoms with van der Waals surface area (Å²) < 4.78 is 18.3. The van der Waals surface area contributed by atoms with Gasteiger partial charge in [0.1, 0.15) is 31.2 Å². The van der Waals surface area contributed by atoms with Crippen molar-refractivity contribution in [1.29, 1.82) is 0 Å². The zero-order valence-electron chi connectivity index (χ0n) is 16.6. The lowest BCUT2D eigenvalue weighted by atomic mass is 10.1. The molecule has 0 aromatic carbocycles. The fourth-order valence-electron chi connectivity index (χ4n) is 3.52. The molecule has 2 aromatic rings. The highest BCUT2D eigenvalue weighted by molar-refractivity contribution is 7.80. The molecule has 11 nitrogen and oxygen atoms in total. The molecule has 0 aliphatic carbocycles. The summed E-state index contributed by atoms with van der Waals surface area (Å²) in [4.78, 5) is 13.0. The van der Waals surface area contributed by atoms with Crippen molar-refractivity contribution in [2.24, 2.45) is 0 Å². The SMILES string of the molecule is CCCNC(=S)OC[C@H]1OC(n2cnc3c(NC4CCOC4)ncnc32)[C@H](O)[C@@H]1O. The van der Waals surface area contributed by atoms with E-state index >= 15 is 0 Å². The number of thiocarbonyl (C=S) groups is 1. The fraction of sp³-hybridized carbons (Fsp3) is 0.667. The quantitative estimate of drug-likeness (QED) is 0.433. The van der Waals surface area contributed by atoms with E-state index in [0.717, 1.165) is 12.8 Å². The maximum Gasteiger partial charge on any atom is 0.256 e. The number of nitrogens with zero attached hydrogens (tertiary/aromatic N) is 4. The summed E-state index contributed by atoms with van der Waals surface area (Å²) in [7, 11) is 0. The van der Waals surface area contributed by atoms with Gasteiger partial charge in [-0.2, -0.15) is 0 Å². The molecule has 2 aromatic heterocycles. The molecule has 164 valence electrons. The van der Waals surface area contributed by atoms with Crippen LogP contribution in [0.5, 0.6) is 0 Å². The zero-order chi connectivity index (χ0) is 21.1. The molecule has 5 atom stereocenters. The van der Waals surface area contributed by atoms with Crippen LogP contribution < -0.4 is 10.6 Å². The standard InChI is InChI=1S/C18H26N6O5S/c1-2-4-19-18(30)28-7-11-13(25)14(26)17(29-11)24-9-22-12-15(20-8-21-16(12)24)23-10-3-5-27-6-10/h8-11,13-14,17,25-26H,2-7H2,1H3,(H,19,30)(H,20,21,23)/t10?,11-,13-,14-,17?/m1/s1. The van der Waals surface area contributed by atoms with Crippen LogP contribution in [0.15, 0.2) is 12.7 Å². The van der Waals surface area contributed by atoms with Gasteiger partial charge < -0.3 is 35.1 Å². The molecule has 4 rings (SSSR count). The van der Waals surface area contributed by atoms with Crippen LogP contribution in [0.4, 0.5) is 5.82 Å². The second kappa shape index (κ2) is 9.35. The molecular weight excluding hydrogens is 412 g/mol. The molecule has 12 heteroatoms. The van der Waals surface area contributed by atoms with E-state index in [-0.39, 0.29) is 17.8 Å². The Balaban J connectivity index is 1.47. The number of ether oxygens (including phenoxy) is 3. The number of nitrogens with one attached hydrogen (secondary N) is 2. The van der Waals surface area contributed by atoms with Crippen molar-refractivity contribution in [3.63, 3.8) is 0 Å². The highest BCUT2D eigenvalue weighted by atomic mass is 32.1. The normalized spacial score (nSPS) is 28.7. The largest absolute Gasteiger partial charge is 0.468 e. The average Bonchev–Trinajstić information content (AvgIpc) is 3.47. The van der Waals surface area contributed by atoms with Gasteiger partial charge in [-0.3, -0.25) is 4.57 Å². The van der Waals surface area contributed by atoms with Crippen molar-refractivity contribution in [1.82, 2.24) is 24.8 Å². The maximum absolute atomic E-state index is 10.6. The van der Waals surface area contributed by atoms with Crippen LogP contribution in [0, 0.1) is 0 Å². The van der Waals surface area contributed by atoms with E-state index in [2.05, 4.69) is 25.6 Å². The third-order valence-corrected chi connectivity index (χ3v) is 5.40. The van der Waals surface area contributed by atoms with Gasteiger partial charge in [0.05, 0.1) is 19.0 Å². The second-order valence-corrected chi connectivity index (χ2v) is 7.69. The van der Waals surface area contributed by atoms with Gasteiger partial charge in [-0.1, -0.05) is 6.92 Å².